The second-order valence-corrected chi connectivity index (χ2v) is 8.74. The first-order valence-corrected chi connectivity index (χ1v) is 11.1. The third-order valence-electron chi connectivity index (χ3n) is 4.84. The number of nitrogens with one attached hydrogen (secondary N) is 2. The Bertz CT molecular complexity index is 904. The van der Waals surface area contributed by atoms with E-state index in [1.54, 1.807) is 6.92 Å². The molecule has 2 amide bonds. The van der Waals surface area contributed by atoms with Gasteiger partial charge < -0.3 is 15.4 Å². The van der Waals surface area contributed by atoms with Gasteiger partial charge in [-0.15, -0.1) is 11.8 Å². The number of rotatable bonds is 10. The Morgan fingerprint density at radius 2 is 1.74 bits per heavy atom. The van der Waals surface area contributed by atoms with E-state index in [0.29, 0.717) is 11.6 Å². The molecule has 2 unspecified atom stereocenters. The maximum atomic E-state index is 12.9. The summed E-state index contributed by atoms with van der Waals surface area (Å²) in [7, 11) is 0. The molecule has 0 saturated heterocycles. The molecule has 3 rings (SSSR count). The number of thioether (sulfide) groups is 1. The van der Waals surface area contributed by atoms with Crippen LogP contribution >= 0.6 is 11.8 Å². The van der Waals surface area contributed by atoms with Crippen LogP contribution in [0.15, 0.2) is 54.6 Å². The van der Waals surface area contributed by atoms with Crippen molar-refractivity contribution in [1.82, 2.24) is 5.32 Å². The smallest absolute Gasteiger partial charge is 0.319 e. The lowest BCUT2D eigenvalue weighted by atomic mass is 10.0. The van der Waals surface area contributed by atoms with Crippen molar-refractivity contribution in [3.63, 3.8) is 0 Å². The molecular formula is C23H25FN2O4S. The molecule has 31 heavy (non-hydrogen) atoms. The van der Waals surface area contributed by atoms with Gasteiger partial charge in [0.2, 0.25) is 5.91 Å². The van der Waals surface area contributed by atoms with Crippen LogP contribution in [0.2, 0.25) is 0 Å². The molecule has 1 saturated carbocycles. The SMILES string of the molecule is CC(SCC(=O)Nc1ccc(F)cc1)C(=O)OCC(=O)NC(c1ccccc1)C1CC1. The zero-order valence-corrected chi connectivity index (χ0v) is 18.0. The van der Waals surface area contributed by atoms with Crippen molar-refractivity contribution in [3.8, 4) is 0 Å². The summed E-state index contributed by atoms with van der Waals surface area (Å²) in [5.74, 6) is -1.17. The monoisotopic (exact) mass is 444 g/mol. The van der Waals surface area contributed by atoms with Crippen LogP contribution in [0.3, 0.4) is 0 Å². The number of ether oxygens (including phenoxy) is 1. The highest BCUT2D eigenvalue weighted by Crippen LogP contribution is 2.40. The summed E-state index contributed by atoms with van der Waals surface area (Å²) in [5, 5.41) is 4.97. The first-order chi connectivity index (χ1) is 14.9. The van der Waals surface area contributed by atoms with Crippen LogP contribution in [0.25, 0.3) is 0 Å². The second-order valence-electron chi connectivity index (χ2n) is 7.41. The molecule has 2 N–H and O–H groups in total. The maximum absolute atomic E-state index is 12.9. The standard InChI is InChI=1S/C23H25FN2O4S/c1-15(31-14-21(28)25-19-11-9-18(24)10-12-19)23(29)30-13-20(27)26-22(17-7-8-17)16-5-3-2-4-6-16/h2-6,9-12,15,17,22H,7-8,13-14H2,1H3,(H,25,28)(H,26,27). The Morgan fingerprint density at radius 1 is 1.06 bits per heavy atom. The van der Waals surface area contributed by atoms with Gasteiger partial charge in [0.15, 0.2) is 6.61 Å². The van der Waals surface area contributed by atoms with Crippen LogP contribution in [-0.2, 0) is 19.1 Å². The highest BCUT2D eigenvalue weighted by molar-refractivity contribution is 8.01. The van der Waals surface area contributed by atoms with Gasteiger partial charge in [-0.05, 0) is 55.5 Å². The fraction of sp³-hybridized carbons (Fsp3) is 0.348. The quantitative estimate of drug-likeness (QED) is 0.546. The van der Waals surface area contributed by atoms with E-state index in [1.165, 1.54) is 24.3 Å². The van der Waals surface area contributed by atoms with Crippen LogP contribution in [0.4, 0.5) is 10.1 Å². The molecule has 8 heteroatoms. The van der Waals surface area contributed by atoms with Gasteiger partial charge in [0.25, 0.3) is 5.91 Å². The number of carbonyl (C=O) groups is 3. The maximum Gasteiger partial charge on any atom is 0.319 e. The molecule has 0 heterocycles. The van der Waals surface area contributed by atoms with Crippen LogP contribution in [0.1, 0.15) is 31.4 Å². The van der Waals surface area contributed by atoms with Gasteiger partial charge in [0.05, 0.1) is 11.8 Å². The average molecular weight is 445 g/mol. The molecule has 1 aliphatic carbocycles. The third-order valence-corrected chi connectivity index (χ3v) is 5.96. The molecule has 2 aromatic rings. The lowest BCUT2D eigenvalue weighted by molar-refractivity contribution is -0.147. The van der Waals surface area contributed by atoms with Crippen LogP contribution in [0.5, 0.6) is 0 Å². The molecule has 0 spiro atoms. The highest BCUT2D eigenvalue weighted by atomic mass is 32.2. The van der Waals surface area contributed by atoms with E-state index in [4.69, 9.17) is 4.74 Å². The Labute approximate surface area is 184 Å². The zero-order valence-electron chi connectivity index (χ0n) is 17.2. The van der Waals surface area contributed by atoms with Crippen molar-refractivity contribution in [2.75, 3.05) is 17.7 Å². The Morgan fingerprint density at radius 3 is 2.39 bits per heavy atom. The topological polar surface area (TPSA) is 84.5 Å². The summed E-state index contributed by atoms with van der Waals surface area (Å²) < 4.78 is 18.0. The minimum Gasteiger partial charge on any atom is -0.455 e. The number of carbonyl (C=O) groups excluding carboxylic acids is 3. The van der Waals surface area contributed by atoms with Gasteiger partial charge >= 0.3 is 5.97 Å². The average Bonchev–Trinajstić information content (AvgIpc) is 3.61. The van der Waals surface area contributed by atoms with Gasteiger partial charge in [-0.2, -0.15) is 0 Å². The van der Waals surface area contributed by atoms with E-state index >= 15 is 0 Å². The molecule has 164 valence electrons. The molecule has 1 aliphatic rings. The van der Waals surface area contributed by atoms with Crippen molar-refractivity contribution in [1.29, 1.82) is 0 Å². The van der Waals surface area contributed by atoms with Gasteiger partial charge in [0.1, 0.15) is 11.1 Å². The number of hydrogen-bond donors (Lipinski definition) is 2. The molecule has 0 aliphatic heterocycles. The summed E-state index contributed by atoms with van der Waals surface area (Å²) in [5.41, 5.74) is 1.52. The van der Waals surface area contributed by atoms with E-state index in [-0.39, 0.29) is 36.0 Å². The number of amides is 2. The van der Waals surface area contributed by atoms with E-state index < -0.39 is 11.2 Å². The van der Waals surface area contributed by atoms with Crippen molar-refractivity contribution in [2.24, 2.45) is 5.92 Å². The van der Waals surface area contributed by atoms with Gasteiger partial charge in [-0.1, -0.05) is 30.3 Å². The summed E-state index contributed by atoms with van der Waals surface area (Å²) in [4.78, 5) is 36.4. The van der Waals surface area contributed by atoms with Crippen LogP contribution in [0, 0.1) is 11.7 Å². The predicted molar refractivity (Wildman–Crippen MR) is 118 cm³/mol. The second kappa shape index (κ2) is 10.9. The summed E-state index contributed by atoms with van der Waals surface area (Å²) in [6.45, 7) is 1.26. The van der Waals surface area contributed by atoms with Crippen molar-refractivity contribution in [2.45, 2.75) is 31.1 Å². The molecule has 2 atom stereocenters. The molecule has 2 aromatic carbocycles. The van der Waals surface area contributed by atoms with Crippen molar-refractivity contribution in [3.05, 3.63) is 66.0 Å². The molecule has 1 fully saturated rings. The zero-order chi connectivity index (χ0) is 22.2. The van der Waals surface area contributed by atoms with Crippen LogP contribution < -0.4 is 10.6 Å². The van der Waals surface area contributed by atoms with Crippen molar-refractivity contribution < 1.29 is 23.5 Å². The lowest BCUT2D eigenvalue weighted by Gasteiger charge is -2.19. The van der Waals surface area contributed by atoms with Gasteiger partial charge in [-0.25, -0.2) is 4.39 Å². The van der Waals surface area contributed by atoms with Gasteiger partial charge in [-0.3, -0.25) is 14.4 Å². The number of anilines is 1. The van der Waals surface area contributed by atoms with Crippen LogP contribution in [-0.4, -0.2) is 35.4 Å². The lowest BCUT2D eigenvalue weighted by Crippen LogP contribution is -2.34. The molecule has 6 nitrogen and oxygen atoms in total. The minimum atomic E-state index is -0.611. The first-order valence-electron chi connectivity index (χ1n) is 10.1. The summed E-state index contributed by atoms with van der Waals surface area (Å²) >= 11 is 1.10. The van der Waals surface area contributed by atoms with Gasteiger partial charge in [0, 0.05) is 5.69 Å². The van der Waals surface area contributed by atoms with E-state index in [9.17, 15) is 18.8 Å². The first kappa shape index (κ1) is 22.8. The summed E-state index contributed by atoms with van der Waals surface area (Å²) in [6, 6.07) is 15.1. The Kier molecular flexibility index (Phi) is 8.06. The van der Waals surface area contributed by atoms with Crippen molar-refractivity contribution >= 4 is 35.2 Å². The third kappa shape index (κ3) is 7.40. The molecule has 0 radical (unpaired) electrons. The Hall–Kier alpha value is -2.87. The highest BCUT2D eigenvalue weighted by Gasteiger charge is 2.33. The van der Waals surface area contributed by atoms with E-state index in [2.05, 4.69) is 10.6 Å². The fourth-order valence-corrected chi connectivity index (χ4v) is 3.71. The number of benzene rings is 2. The predicted octanol–water partition coefficient (Wildman–Crippen LogP) is 3.70. The molecular weight excluding hydrogens is 419 g/mol. The normalized spacial score (nSPS) is 14.9. The fourth-order valence-electron chi connectivity index (χ4n) is 3.03. The number of esters is 1. The number of halogens is 1. The number of hydrogen-bond acceptors (Lipinski definition) is 5. The molecule has 0 bridgehead atoms. The van der Waals surface area contributed by atoms with E-state index in [0.717, 1.165) is 30.2 Å². The summed E-state index contributed by atoms with van der Waals surface area (Å²) in [6.07, 6.45) is 2.13. The van der Waals surface area contributed by atoms with E-state index in [1.807, 2.05) is 30.3 Å². The Balaban J connectivity index is 1.38. The molecule has 0 aromatic heterocycles. The minimum absolute atomic E-state index is 0.0254. The largest absolute Gasteiger partial charge is 0.455 e.